The Labute approximate surface area is 145 Å². The molecular weight excluding hydrogens is 304 g/mol. The first-order valence-electron chi connectivity index (χ1n) is 8.96. The third-order valence-electron chi connectivity index (χ3n) is 6.33. The van der Waals surface area contributed by atoms with E-state index in [9.17, 15) is 15.0 Å². The molecule has 1 fully saturated rings. The van der Waals surface area contributed by atoms with Gasteiger partial charge in [-0.2, -0.15) is 0 Å². The first-order valence-corrected chi connectivity index (χ1v) is 8.96. The Morgan fingerprint density at radius 1 is 1.46 bits per heavy atom. The van der Waals surface area contributed by atoms with E-state index in [2.05, 4.69) is 6.08 Å². The number of allylic oxidation sites excluding steroid dienone is 2. The SMILES string of the molecule is CC=C(C)C(=O)OC1CC(C)=CCC2(C)C(O)CC(O)(C(C)C)C12. The molecule has 5 unspecified atom stereocenters. The van der Waals surface area contributed by atoms with Crippen LogP contribution in [0.5, 0.6) is 0 Å². The molecule has 0 aliphatic heterocycles. The Morgan fingerprint density at radius 2 is 2.08 bits per heavy atom. The van der Waals surface area contributed by atoms with Gasteiger partial charge in [0.1, 0.15) is 6.10 Å². The second-order valence-corrected chi connectivity index (χ2v) is 8.22. The van der Waals surface area contributed by atoms with E-state index in [0.29, 0.717) is 24.8 Å². The zero-order valence-electron chi connectivity index (χ0n) is 15.8. The molecule has 136 valence electrons. The fourth-order valence-corrected chi connectivity index (χ4v) is 4.42. The maximum Gasteiger partial charge on any atom is 0.333 e. The number of carbonyl (C=O) groups excluding carboxylic acids is 1. The molecule has 0 radical (unpaired) electrons. The molecule has 0 heterocycles. The highest BCUT2D eigenvalue weighted by Gasteiger charge is 2.63. The number of aliphatic hydroxyl groups is 2. The van der Waals surface area contributed by atoms with Gasteiger partial charge in [-0.3, -0.25) is 0 Å². The van der Waals surface area contributed by atoms with Gasteiger partial charge in [-0.25, -0.2) is 4.79 Å². The van der Waals surface area contributed by atoms with Gasteiger partial charge in [0.2, 0.25) is 0 Å². The van der Waals surface area contributed by atoms with Crippen LogP contribution in [0, 0.1) is 17.3 Å². The zero-order chi connectivity index (χ0) is 18.3. The van der Waals surface area contributed by atoms with E-state index in [1.807, 2.05) is 34.6 Å². The van der Waals surface area contributed by atoms with Gasteiger partial charge in [0.25, 0.3) is 0 Å². The molecule has 24 heavy (non-hydrogen) atoms. The van der Waals surface area contributed by atoms with Gasteiger partial charge in [0, 0.05) is 29.7 Å². The third-order valence-corrected chi connectivity index (χ3v) is 6.33. The largest absolute Gasteiger partial charge is 0.458 e. The lowest BCUT2D eigenvalue weighted by Crippen LogP contribution is -2.50. The first kappa shape index (κ1) is 19.2. The molecule has 0 saturated heterocycles. The predicted molar refractivity (Wildman–Crippen MR) is 94.3 cm³/mol. The molecule has 0 spiro atoms. The van der Waals surface area contributed by atoms with Crippen molar-refractivity contribution in [3.8, 4) is 0 Å². The Kier molecular flexibility index (Phi) is 5.31. The lowest BCUT2D eigenvalue weighted by Gasteiger charge is -2.43. The van der Waals surface area contributed by atoms with Crippen molar-refractivity contribution in [1.29, 1.82) is 0 Å². The summed E-state index contributed by atoms with van der Waals surface area (Å²) in [4.78, 5) is 12.4. The van der Waals surface area contributed by atoms with E-state index in [4.69, 9.17) is 4.74 Å². The second kappa shape index (κ2) is 6.64. The number of aliphatic hydroxyl groups excluding tert-OH is 1. The molecule has 2 aliphatic carbocycles. The molecule has 1 saturated carbocycles. The van der Waals surface area contributed by atoms with Gasteiger partial charge in [-0.15, -0.1) is 0 Å². The minimum absolute atomic E-state index is 0.0265. The van der Waals surface area contributed by atoms with Crippen LogP contribution in [0.15, 0.2) is 23.3 Å². The van der Waals surface area contributed by atoms with Crippen LogP contribution < -0.4 is 0 Å². The normalized spacial score (nSPS) is 40.1. The van der Waals surface area contributed by atoms with E-state index < -0.39 is 23.2 Å². The molecular formula is C20H32O4. The zero-order valence-corrected chi connectivity index (χ0v) is 15.8. The van der Waals surface area contributed by atoms with Crippen molar-refractivity contribution in [1.82, 2.24) is 0 Å². The number of carbonyl (C=O) groups is 1. The maximum atomic E-state index is 12.4. The molecule has 2 aliphatic rings. The lowest BCUT2D eigenvalue weighted by molar-refractivity contribution is -0.162. The fourth-order valence-electron chi connectivity index (χ4n) is 4.42. The highest BCUT2D eigenvalue weighted by atomic mass is 16.5. The van der Waals surface area contributed by atoms with E-state index in [1.54, 1.807) is 13.0 Å². The van der Waals surface area contributed by atoms with Crippen molar-refractivity contribution in [2.45, 2.75) is 78.6 Å². The van der Waals surface area contributed by atoms with Crippen molar-refractivity contribution in [3.05, 3.63) is 23.3 Å². The molecule has 0 aromatic rings. The summed E-state index contributed by atoms with van der Waals surface area (Å²) in [6, 6.07) is 0. The minimum Gasteiger partial charge on any atom is -0.458 e. The van der Waals surface area contributed by atoms with Gasteiger partial charge in [-0.05, 0) is 33.1 Å². The summed E-state index contributed by atoms with van der Waals surface area (Å²) in [6.45, 7) is 11.5. The van der Waals surface area contributed by atoms with Gasteiger partial charge >= 0.3 is 5.97 Å². The third kappa shape index (κ3) is 3.06. The summed E-state index contributed by atoms with van der Waals surface area (Å²) < 4.78 is 5.85. The summed E-state index contributed by atoms with van der Waals surface area (Å²) in [6.07, 6.45) is 4.44. The van der Waals surface area contributed by atoms with Crippen LogP contribution in [-0.2, 0) is 9.53 Å². The minimum atomic E-state index is -1.04. The van der Waals surface area contributed by atoms with Gasteiger partial charge in [0.15, 0.2) is 0 Å². The molecule has 0 aromatic heterocycles. The smallest absolute Gasteiger partial charge is 0.333 e. The predicted octanol–water partition coefficient (Wildman–Crippen LogP) is 3.38. The number of hydrogen-bond acceptors (Lipinski definition) is 4. The van der Waals surface area contributed by atoms with Crippen LogP contribution in [-0.4, -0.2) is 34.0 Å². The Balaban J connectivity index is 2.46. The number of hydrogen-bond donors (Lipinski definition) is 2. The van der Waals surface area contributed by atoms with Crippen LogP contribution in [0.4, 0.5) is 0 Å². The Bertz CT molecular complexity index is 562. The average Bonchev–Trinajstić information content (AvgIpc) is 2.62. The van der Waals surface area contributed by atoms with E-state index in [0.717, 1.165) is 5.57 Å². The van der Waals surface area contributed by atoms with Crippen LogP contribution >= 0.6 is 0 Å². The van der Waals surface area contributed by atoms with Gasteiger partial charge in [0.05, 0.1) is 11.7 Å². The van der Waals surface area contributed by atoms with Crippen LogP contribution in [0.3, 0.4) is 0 Å². The lowest BCUT2D eigenvalue weighted by atomic mass is 9.67. The number of fused-ring (bicyclic) bond motifs is 1. The molecule has 5 atom stereocenters. The highest BCUT2D eigenvalue weighted by molar-refractivity contribution is 5.87. The molecule has 2 N–H and O–H groups in total. The molecule has 4 nitrogen and oxygen atoms in total. The van der Waals surface area contributed by atoms with Crippen molar-refractivity contribution in [2.24, 2.45) is 17.3 Å². The van der Waals surface area contributed by atoms with Crippen molar-refractivity contribution < 1.29 is 19.7 Å². The topological polar surface area (TPSA) is 66.8 Å². The van der Waals surface area contributed by atoms with Gasteiger partial charge < -0.3 is 14.9 Å². The molecule has 0 aromatic carbocycles. The van der Waals surface area contributed by atoms with Gasteiger partial charge in [-0.1, -0.05) is 38.5 Å². The second-order valence-electron chi connectivity index (χ2n) is 8.22. The quantitative estimate of drug-likeness (QED) is 0.471. The van der Waals surface area contributed by atoms with E-state index in [-0.39, 0.29) is 17.8 Å². The fraction of sp³-hybridized carbons (Fsp3) is 0.750. The summed E-state index contributed by atoms with van der Waals surface area (Å²) in [5, 5.41) is 22.1. The Morgan fingerprint density at radius 3 is 2.62 bits per heavy atom. The van der Waals surface area contributed by atoms with E-state index in [1.165, 1.54) is 0 Å². The average molecular weight is 336 g/mol. The molecule has 0 bridgehead atoms. The number of ether oxygens (including phenoxy) is 1. The van der Waals surface area contributed by atoms with Crippen LogP contribution in [0.25, 0.3) is 0 Å². The number of rotatable bonds is 3. The van der Waals surface area contributed by atoms with Crippen molar-refractivity contribution in [2.75, 3.05) is 0 Å². The summed E-state index contributed by atoms with van der Waals surface area (Å²) in [5.41, 5.74) is 0.168. The Hall–Kier alpha value is -1.13. The van der Waals surface area contributed by atoms with Crippen molar-refractivity contribution >= 4 is 5.97 Å². The van der Waals surface area contributed by atoms with Crippen LogP contribution in [0.2, 0.25) is 0 Å². The monoisotopic (exact) mass is 336 g/mol. The number of esters is 1. The van der Waals surface area contributed by atoms with Crippen molar-refractivity contribution in [3.63, 3.8) is 0 Å². The molecule has 2 rings (SSSR count). The van der Waals surface area contributed by atoms with E-state index >= 15 is 0 Å². The summed E-state index contributed by atoms with van der Waals surface area (Å²) in [5.74, 6) is -0.657. The maximum absolute atomic E-state index is 12.4. The highest BCUT2D eigenvalue weighted by Crippen LogP contribution is 2.58. The standard InChI is InChI=1S/C20H32O4/c1-7-14(5)18(22)24-15-10-13(4)8-9-19(6)16(21)11-20(23,12(2)3)17(15)19/h7-8,12,15-17,21,23H,9-11H2,1-6H3. The molecule has 4 heteroatoms. The first-order chi connectivity index (χ1) is 11.1. The summed E-state index contributed by atoms with van der Waals surface area (Å²) >= 11 is 0. The summed E-state index contributed by atoms with van der Waals surface area (Å²) in [7, 11) is 0. The van der Waals surface area contributed by atoms with Crippen LogP contribution in [0.1, 0.15) is 60.8 Å². The molecule has 0 amide bonds.